The number of phenols is 1. The highest BCUT2D eigenvalue weighted by molar-refractivity contribution is 5.98. The summed E-state index contributed by atoms with van der Waals surface area (Å²) in [6.45, 7) is 2.61. The molecule has 21 heavy (non-hydrogen) atoms. The first-order valence-electron chi connectivity index (χ1n) is 6.93. The SMILES string of the molecule is CC[C@H](NC(=O)c1cccc([N+](=O)[O-])c1O)[C@H]1CCCO1. The molecule has 0 unspecified atom stereocenters. The van der Waals surface area contributed by atoms with E-state index in [1.54, 1.807) is 0 Å². The minimum Gasteiger partial charge on any atom is -0.502 e. The molecule has 7 nitrogen and oxygen atoms in total. The van der Waals surface area contributed by atoms with Crippen molar-refractivity contribution in [2.75, 3.05) is 6.61 Å². The first-order chi connectivity index (χ1) is 10.0. The lowest BCUT2D eigenvalue weighted by Gasteiger charge is -2.23. The Kier molecular flexibility index (Phi) is 4.74. The molecule has 1 saturated heterocycles. The van der Waals surface area contributed by atoms with Gasteiger partial charge in [0.15, 0.2) is 0 Å². The van der Waals surface area contributed by atoms with Gasteiger partial charge in [0.2, 0.25) is 5.75 Å². The van der Waals surface area contributed by atoms with Crippen molar-refractivity contribution in [2.45, 2.75) is 38.3 Å². The van der Waals surface area contributed by atoms with E-state index in [-0.39, 0.29) is 17.7 Å². The Balaban J connectivity index is 2.16. The summed E-state index contributed by atoms with van der Waals surface area (Å²) in [6, 6.07) is 3.72. The number of ether oxygens (including phenoxy) is 1. The molecule has 1 heterocycles. The first-order valence-corrected chi connectivity index (χ1v) is 6.93. The summed E-state index contributed by atoms with van der Waals surface area (Å²) < 4.78 is 5.55. The standard InChI is InChI=1S/C14H18N2O5/c1-2-10(12-7-4-8-21-12)15-14(18)9-5-3-6-11(13(9)17)16(19)20/h3,5-6,10,12,17H,2,4,7-8H2,1H3,(H,15,18)/t10-,12+/m0/s1. The molecular weight excluding hydrogens is 276 g/mol. The zero-order valence-corrected chi connectivity index (χ0v) is 11.7. The van der Waals surface area contributed by atoms with E-state index in [1.807, 2.05) is 6.92 Å². The highest BCUT2D eigenvalue weighted by Gasteiger charge is 2.28. The van der Waals surface area contributed by atoms with E-state index >= 15 is 0 Å². The van der Waals surface area contributed by atoms with Gasteiger partial charge in [-0.3, -0.25) is 14.9 Å². The van der Waals surface area contributed by atoms with Crippen molar-refractivity contribution in [3.63, 3.8) is 0 Å². The van der Waals surface area contributed by atoms with Gasteiger partial charge in [-0.2, -0.15) is 0 Å². The van der Waals surface area contributed by atoms with Crippen LogP contribution in [0.5, 0.6) is 5.75 Å². The topological polar surface area (TPSA) is 102 Å². The van der Waals surface area contributed by atoms with E-state index in [0.717, 1.165) is 18.9 Å². The van der Waals surface area contributed by atoms with Gasteiger partial charge in [0.05, 0.1) is 22.6 Å². The summed E-state index contributed by atoms with van der Waals surface area (Å²) in [5.41, 5.74) is -0.575. The molecule has 1 aromatic rings. The number of carbonyl (C=O) groups is 1. The van der Waals surface area contributed by atoms with Gasteiger partial charge in [-0.05, 0) is 25.3 Å². The quantitative estimate of drug-likeness (QED) is 0.638. The maximum absolute atomic E-state index is 12.2. The molecule has 0 radical (unpaired) electrons. The van der Waals surface area contributed by atoms with Crippen LogP contribution in [0.25, 0.3) is 0 Å². The van der Waals surface area contributed by atoms with E-state index in [1.165, 1.54) is 12.1 Å². The van der Waals surface area contributed by atoms with Crippen LogP contribution < -0.4 is 5.32 Å². The van der Waals surface area contributed by atoms with E-state index in [0.29, 0.717) is 13.0 Å². The average molecular weight is 294 g/mol. The van der Waals surface area contributed by atoms with Gasteiger partial charge in [0.25, 0.3) is 5.91 Å². The zero-order chi connectivity index (χ0) is 15.4. The van der Waals surface area contributed by atoms with Crippen molar-refractivity contribution >= 4 is 11.6 Å². The Labute approximate surface area is 122 Å². The maximum Gasteiger partial charge on any atom is 0.311 e. The van der Waals surface area contributed by atoms with Crippen LogP contribution in [-0.2, 0) is 4.74 Å². The van der Waals surface area contributed by atoms with Crippen LogP contribution in [0, 0.1) is 10.1 Å². The minimum absolute atomic E-state index is 0.0419. The lowest BCUT2D eigenvalue weighted by atomic mass is 10.0. The fourth-order valence-electron chi connectivity index (χ4n) is 2.49. The van der Waals surface area contributed by atoms with Crippen molar-refractivity contribution in [3.05, 3.63) is 33.9 Å². The number of aromatic hydroxyl groups is 1. The molecule has 2 N–H and O–H groups in total. The molecule has 1 aliphatic heterocycles. The van der Waals surface area contributed by atoms with Crippen molar-refractivity contribution in [2.24, 2.45) is 0 Å². The van der Waals surface area contributed by atoms with Crippen LogP contribution >= 0.6 is 0 Å². The summed E-state index contributed by atoms with van der Waals surface area (Å²) in [7, 11) is 0. The number of hydrogen-bond donors (Lipinski definition) is 2. The van der Waals surface area contributed by atoms with Gasteiger partial charge in [0.1, 0.15) is 0 Å². The van der Waals surface area contributed by atoms with E-state index in [4.69, 9.17) is 4.74 Å². The Morgan fingerprint density at radius 1 is 1.62 bits per heavy atom. The van der Waals surface area contributed by atoms with Crippen LogP contribution in [0.2, 0.25) is 0 Å². The van der Waals surface area contributed by atoms with Crippen molar-refractivity contribution < 1.29 is 19.6 Å². The van der Waals surface area contributed by atoms with E-state index in [2.05, 4.69) is 5.32 Å². The van der Waals surface area contributed by atoms with Crippen LogP contribution in [0.4, 0.5) is 5.69 Å². The Bertz CT molecular complexity index is 540. The zero-order valence-electron chi connectivity index (χ0n) is 11.7. The van der Waals surface area contributed by atoms with Crippen LogP contribution in [0.1, 0.15) is 36.5 Å². The fourth-order valence-corrected chi connectivity index (χ4v) is 2.49. The molecule has 2 rings (SSSR count). The summed E-state index contributed by atoms with van der Waals surface area (Å²) in [6.07, 6.45) is 2.48. The summed E-state index contributed by atoms with van der Waals surface area (Å²) in [4.78, 5) is 22.3. The van der Waals surface area contributed by atoms with Gasteiger partial charge in [-0.15, -0.1) is 0 Å². The summed E-state index contributed by atoms with van der Waals surface area (Å²) >= 11 is 0. The largest absolute Gasteiger partial charge is 0.502 e. The normalized spacial score (nSPS) is 19.2. The molecule has 7 heteroatoms. The van der Waals surface area contributed by atoms with Gasteiger partial charge in [-0.25, -0.2) is 0 Å². The Hall–Kier alpha value is -2.15. The van der Waals surface area contributed by atoms with Gasteiger partial charge in [-0.1, -0.05) is 13.0 Å². The van der Waals surface area contributed by atoms with Crippen molar-refractivity contribution in [1.29, 1.82) is 0 Å². The number of rotatable bonds is 5. The Morgan fingerprint density at radius 3 is 2.95 bits per heavy atom. The number of phenolic OH excluding ortho intramolecular Hbond substituents is 1. The molecule has 0 bridgehead atoms. The molecule has 1 amide bonds. The molecule has 1 aliphatic rings. The number of para-hydroxylation sites is 1. The predicted molar refractivity (Wildman–Crippen MR) is 75.3 cm³/mol. The smallest absolute Gasteiger partial charge is 0.311 e. The van der Waals surface area contributed by atoms with Crippen LogP contribution in [0.3, 0.4) is 0 Å². The molecule has 0 saturated carbocycles. The Morgan fingerprint density at radius 2 is 2.38 bits per heavy atom. The third kappa shape index (κ3) is 3.30. The van der Waals surface area contributed by atoms with Gasteiger partial charge in [0, 0.05) is 12.7 Å². The minimum atomic E-state index is -0.719. The average Bonchev–Trinajstić information content (AvgIpc) is 2.98. The number of amides is 1. The number of nitro benzene ring substituents is 1. The number of hydrogen-bond acceptors (Lipinski definition) is 5. The molecular formula is C14H18N2O5. The molecule has 1 fully saturated rings. The molecule has 114 valence electrons. The number of nitro groups is 1. The van der Waals surface area contributed by atoms with Gasteiger partial charge < -0.3 is 15.2 Å². The van der Waals surface area contributed by atoms with Crippen LogP contribution in [-0.4, -0.2) is 34.7 Å². The fraction of sp³-hybridized carbons (Fsp3) is 0.500. The highest BCUT2D eigenvalue weighted by atomic mass is 16.6. The second-order valence-corrected chi connectivity index (χ2v) is 4.97. The van der Waals surface area contributed by atoms with Gasteiger partial charge >= 0.3 is 5.69 Å². The third-order valence-corrected chi connectivity index (χ3v) is 3.63. The third-order valence-electron chi connectivity index (χ3n) is 3.63. The molecule has 0 aromatic heterocycles. The summed E-state index contributed by atoms with van der Waals surface area (Å²) in [5.74, 6) is -1.14. The second kappa shape index (κ2) is 6.53. The molecule has 2 atom stereocenters. The number of benzene rings is 1. The monoisotopic (exact) mass is 294 g/mol. The number of nitrogens with one attached hydrogen (secondary N) is 1. The van der Waals surface area contributed by atoms with E-state index < -0.39 is 22.3 Å². The first kappa shape index (κ1) is 15.2. The van der Waals surface area contributed by atoms with Crippen molar-refractivity contribution in [3.8, 4) is 5.75 Å². The predicted octanol–water partition coefficient (Wildman–Crippen LogP) is 1.99. The number of carbonyl (C=O) groups excluding carboxylic acids is 1. The molecule has 1 aromatic carbocycles. The highest BCUT2D eigenvalue weighted by Crippen LogP contribution is 2.29. The lowest BCUT2D eigenvalue weighted by molar-refractivity contribution is -0.385. The maximum atomic E-state index is 12.2. The number of nitrogens with zero attached hydrogens (tertiary/aromatic N) is 1. The van der Waals surface area contributed by atoms with E-state index in [9.17, 15) is 20.0 Å². The van der Waals surface area contributed by atoms with Crippen molar-refractivity contribution in [1.82, 2.24) is 5.32 Å². The molecule has 0 aliphatic carbocycles. The summed E-state index contributed by atoms with van der Waals surface area (Å²) in [5, 5.41) is 23.4. The van der Waals surface area contributed by atoms with Crippen LogP contribution in [0.15, 0.2) is 18.2 Å². The second-order valence-electron chi connectivity index (χ2n) is 4.97. The lowest BCUT2D eigenvalue weighted by Crippen LogP contribution is -2.42. The molecule has 0 spiro atoms.